The largest absolute Gasteiger partial charge is 0.872 e. The molecule has 15 heavy (non-hydrogen) atoms. The van der Waals surface area contributed by atoms with Crippen molar-refractivity contribution in [2.75, 3.05) is 0 Å². The second-order valence-electron chi connectivity index (χ2n) is 2.91. The highest BCUT2D eigenvalue weighted by Gasteiger charge is 2.10. The molecule has 0 saturated heterocycles. The lowest BCUT2D eigenvalue weighted by Crippen LogP contribution is -2.08. The number of carbonyl (C=O) groups is 1. The number of fused-ring (bicyclic) bond motifs is 1. The summed E-state index contributed by atoms with van der Waals surface area (Å²) in [6.45, 7) is 0. The summed E-state index contributed by atoms with van der Waals surface area (Å²) in [5.41, 5.74) is -0.647. The summed E-state index contributed by atoms with van der Waals surface area (Å²) in [6.07, 6.45) is 0. The maximum atomic E-state index is 11.4. The molecule has 2 rings (SSSR count). The van der Waals surface area contributed by atoms with Gasteiger partial charge in [0, 0.05) is 6.07 Å². The van der Waals surface area contributed by atoms with E-state index in [1.807, 2.05) is 0 Å². The highest BCUT2D eigenvalue weighted by atomic mass is 16.4. The molecule has 76 valence electrons. The van der Waals surface area contributed by atoms with Gasteiger partial charge in [0.25, 0.3) is 0 Å². The lowest BCUT2D eigenvalue weighted by Gasteiger charge is -2.07. The molecule has 0 aliphatic rings. The van der Waals surface area contributed by atoms with E-state index in [1.165, 1.54) is 18.2 Å². The molecule has 0 saturated carbocycles. The Bertz CT molecular complexity index is 596. The van der Waals surface area contributed by atoms with E-state index in [0.29, 0.717) is 0 Å². The van der Waals surface area contributed by atoms with E-state index in [1.54, 1.807) is 0 Å². The fraction of sp³-hybridized carbons (Fsp3) is 0. The van der Waals surface area contributed by atoms with E-state index in [0.717, 1.165) is 6.07 Å². The van der Waals surface area contributed by atoms with E-state index >= 15 is 0 Å². The molecule has 1 N–H and O–H groups in total. The first-order chi connectivity index (χ1) is 7.09. The van der Waals surface area contributed by atoms with Crippen molar-refractivity contribution in [3.05, 3.63) is 40.2 Å². The molecule has 0 fully saturated rings. The second-order valence-corrected chi connectivity index (χ2v) is 2.91. The zero-order valence-electron chi connectivity index (χ0n) is 7.39. The van der Waals surface area contributed by atoms with Crippen molar-refractivity contribution in [2.45, 2.75) is 0 Å². The van der Waals surface area contributed by atoms with E-state index in [2.05, 4.69) is 0 Å². The van der Waals surface area contributed by atoms with Crippen LogP contribution in [0.15, 0.2) is 33.5 Å². The molecule has 2 aromatic rings. The van der Waals surface area contributed by atoms with Crippen molar-refractivity contribution < 1.29 is 19.4 Å². The first-order valence-electron chi connectivity index (χ1n) is 4.07. The van der Waals surface area contributed by atoms with Crippen LogP contribution in [0.4, 0.5) is 0 Å². The van der Waals surface area contributed by atoms with Gasteiger partial charge in [0.15, 0.2) is 5.43 Å². The molecule has 0 aliphatic carbocycles. The number of hydrogen-bond acceptors (Lipinski definition) is 4. The first kappa shape index (κ1) is 9.26. The molecular formula is C10H5O5-. The highest BCUT2D eigenvalue weighted by molar-refractivity contribution is 5.89. The Morgan fingerprint density at radius 2 is 2.13 bits per heavy atom. The van der Waals surface area contributed by atoms with Crippen molar-refractivity contribution in [1.82, 2.24) is 0 Å². The lowest BCUT2D eigenvalue weighted by atomic mass is 10.2. The standard InChI is InChI=1S/C10H6O5/c11-5-2-1-3-7-9(5)6(12)4-8(15-7)10(13)14/h1-4,11H,(H,13,14)/p-1. The summed E-state index contributed by atoms with van der Waals surface area (Å²) in [7, 11) is 0. The van der Waals surface area contributed by atoms with E-state index in [4.69, 9.17) is 9.52 Å². The Morgan fingerprint density at radius 3 is 2.80 bits per heavy atom. The smallest absolute Gasteiger partial charge is 0.371 e. The van der Waals surface area contributed by atoms with Crippen LogP contribution >= 0.6 is 0 Å². The predicted octanol–water partition coefficient (Wildman–Crippen LogP) is 0.565. The quantitative estimate of drug-likeness (QED) is 0.734. The van der Waals surface area contributed by atoms with E-state index in [-0.39, 0.29) is 11.0 Å². The van der Waals surface area contributed by atoms with Crippen molar-refractivity contribution >= 4 is 16.9 Å². The molecule has 0 aliphatic heterocycles. The van der Waals surface area contributed by atoms with Crippen LogP contribution < -0.4 is 10.5 Å². The second kappa shape index (κ2) is 3.13. The van der Waals surface area contributed by atoms with Crippen LogP contribution in [-0.4, -0.2) is 11.1 Å². The van der Waals surface area contributed by atoms with Gasteiger partial charge in [-0.3, -0.25) is 4.79 Å². The van der Waals surface area contributed by atoms with Gasteiger partial charge in [0.1, 0.15) is 5.58 Å². The van der Waals surface area contributed by atoms with Gasteiger partial charge in [-0.25, -0.2) is 4.79 Å². The zero-order valence-corrected chi connectivity index (χ0v) is 7.39. The van der Waals surface area contributed by atoms with Gasteiger partial charge in [-0.1, -0.05) is 17.9 Å². The maximum absolute atomic E-state index is 11.4. The normalized spacial score (nSPS) is 10.4. The van der Waals surface area contributed by atoms with Crippen LogP contribution in [0.5, 0.6) is 5.75 Å². The molecule has 5 nitrogen and oxygen atoms in total. The van der Waals surface area contributed by atoms with Crippen molar-refractivity contribution in [2.24, 2.45) is 0 Å². The number of hydrogen-bond donors (Lipinski definition) is 1. The summed E-state index contributed by atoms with van der Waals surface area (Å²) >= 11 is 0. The van der Waals surface area contributed by atoms with Gasteiger partial charge in [0.2, 0.25) is 5.76 Å². The van der Waals surface area contributed by atoms with Crippen LogP contribution in [0, 0.1) is 0 Å². The fourth-order valence-electron chi connectivity index (χ4n) is 1.28. The molecule has 5 heteroatoms. The first-order valence-corrected chi connectivity index (χ1v) is 4.07. The third-order valence-electron chi connectivity index (χ3n) is 1.93. The van der Waals surface area contributed by atoms with Crippen LogP contribution in [0.25, 0.3) is 11.0 Å². The average Bonchev–Trinajstić information content (AvgIpc) is 2.17. The number of aromatic carboxylic acids is 1. The number of rotatable bonds is 1. The number of carboxylic acid groups (broad SMARTS) is 1. The van der Waals surface area contributed by atoms with Crippen molar-refractivity contribution in [3.8, 4) is 5.75 Å². The monoisotopic (exact) mass is 205 g/mol. The maximum Gasteiger partial charge on any atom is 0.371 e. The third kappa shape index (κ3) is 1.43. The van der Waals surface area contributed by atoms with E-state index in [9.17, 15) is 14.7 Å². The zero-order chi connectivity index (χ0) is 11.0. The summed E-state index contributed by atoms with van der Waals surface area (Å²) < 4.78 is 4.89. The minimum Gasteiger partial charge on any atom is -0.872 e. The molecule has 1 aromatic heterocycles. The summed E-state index contributed by atoms with van der Waals surface area (Å²) in [5, 5.41) is 19.8. The molecule has 1 heterocycles. The predicted molar refractivity (Wildman–Crippen MR) is 48.9 cm³/mol. The van der Waals surface area contributed by atoms with Crippen LogP contribution in [0.1, 0.15) is 10.6 Å². The molecule has 0 unspecified atom stereocenters. The molecule has 0 radical (unpaired) electrons. The van der Waals surface area contributed by atoms with Crippen molar-refractivity contribution in [1.29, 1.82) is 0 Å². The Balaban J connectivity index is 2.91. The third-order valence-corrected chi connectivity index (χ3v) is 1.93. The summed E-state index contributed by atoms with van der Waals surface area (Å²) in [4.78, 5) is 22.0. The Morgan fingerprint density at radius 1 is 1.40 bits per heavy atom. The molecular weight excluding hydrogens is 200 g/mol. The van der Waals surface area contributed by atoms with Gasteiger partial charge in [-0.2, -0.15) is 0 Å². The minimum absolute atomic E-state index is 0.00704. The summed E-state index contributed by atoms with van der Waals surface area (Å²) in [5.74, 6) is -2.29. The topological polar surface area (TPSA) is 90.6 Å². The molecule has 0 amide bonds. The van der Waals surface area contributed by atoms with Gasteiger partial charge in [0.05, 0.1) is 5.39 Å². The van der Waals surface area contributed by atoms with Gasteiger partial charge >= 0.3 is 5.97 Å². The summed E-state index contributed by atoms with van der Waals surface area (Å²) in [6, 6.07) is 4.80. The van der Waals surface area contributed by atoms with Gasteiger partial charge in [-0.05, 0) is 6.07 Å². The molecule has 0 bridgehead atoms. The molecule has 0 atom stereocenters. The Hall–Kier alpha value is -2.30. The Labute approximate surface area is 83.2 Å². The molecule has 0 spiro atoms. The number of carboxylic acids is 1. The van der Waals surface area contributed by atoms with Crippen LogP contribution in [0.2, 0.25) is 0 Å². The van der Waals surface area contributed by atoms with Crippen LogP contribution in [-0.2, 0) is 0 Å². The lowest BCUT2D eigenvalue weighted by molar-refractivity contribution is -0.265. The highest BCUT2D eigenvalue weighted by Crippen LogP contribution is 2.19. The van der Waals surface area contributed by atoms with Gasteiger partial charge < -0.3 is 14.6 Å². The minimum atomic E-state index is -1.34. The average molecular weight is 205 g/mol. The van der Waals surface area contributed by atoms with E-state index < -0.39 is 22.9 Å². The Kier molecular flexibility index (Phi) is 1.93. The van der Waals surface area contributed by atoms with Crippen molar-refractivity contribution in [3.63, 3.8) is 0 Å². The van der Waals surface area contributed by atoms with Gasteiger partial charge in [-0.15, -0.1) is 0 Å². The fourth-order valence-corrected chi connectivity index (χ4v) is 1.28. The molecule has 1 aromatic carbocycles. The number of benzene rings is 1. The van der Waals surface area contributed by atoms with Crippen LogP contribution in [0.3, 0.4) is 0 Å². The SMILES string of the molecule is O=C(O)c1cc(=O)c2c([O-])cccc2o1.